The predicted octanol–water partition coefficient (Wildman–Crippen LogP) is 3.62. The summed E-state index contributed by atoms with van der Waals surface area (Å²) in [6.07, 6.45) is 4.96. The molecule has 2 heterocycles. The van der Waals surface area contributed by atoms with E-state index in [0.29, 0.717) is 13.0 Å². The summed E-state index contributed by atoms with van der Waals surface area (Å²) in [5, 5.41) is 13.2. The molecule has 23 heavy (non-hydrogen) atoms. The van der Waals surface area contributed by atoms with E-state index < -0.39 is 5.97 Å². The highest BCUT2D eigenvalue weighted by atomic mass is 32.1. The van der Waals surface area contributed by atoms with Crippen LogP contribution in [0.1, 0.15) is 40.8 Å². The van der Waals surface area contributed by atoms with Crippen LogP contribution in [0.25, 0.3) is 0 Å². The fourth-order valence-corrected chi connectivity index (χ4v) is 3.54. The lowest BCUT2D eigenvalue weighted by molar-refractivity contribution is -0.136. The van der Waals surface area contributed by atoms with Crippen LogP contribution in [0.2, 0.25) is 0 Å². The quantitative estimate of drug-likeness (QED) is 0.810. The van der Waals surface area contributed by atoms with Gasteiger partial charge in [0.1, 0.15) is 11.1 Å². The molecule has 3 rings (SSSR count). The van der Waals surface area contributed by atoms with Crippen LogP contribution < -0.4 is 5.32 Å². The zero-order valence-corrected chi connectivity index (χ0v) is 13.6. The molecule has 1 fully saturated rings. The Balaban J connectivity index is 1.55. The van der Waals surface area contributed by atoms with Crippen molar-refractivity contribution in [3.63, 3.8) is 0 Å². The van der Waals surface area contributed by atoms with E-state index in [1.807, 2.05) is 30.5 Å². The smallest absolute Gasteiger partial charge is 0.303 e. The fraction of sp³-hybridized carbons (Fsp3) is 0.412. The maximum atomic E-state index is 10.6. The standard InChI is InChI=1S/C17H20N2O3S/c20-16(21)7-6-12-3-1-4-13(9-12)18-10-14-11-19-17(23-14)15-5-2-8-22-15/h1,3-4,9,11,15,18H,2,5-8,10H2,(H,20,21). The molecule has 1 aliphatic rings. The van der Waals surface area contributed by atoms with E-state index >= 15 is 0 Å². The highest BCUT2D eigenvalue weighted by Gasteiger charge is 2.20. The zero-order valence-electron chi connectivity index (χ0n) is 12.8. The van der Waals surface area contributed by atoms with Crippen molar-refractivity contribution in [1.82, 2.24) is 4.98 Å². The topological polar surface area (TPSA) is 71.5 Å². The van der Waals surface area contributed by atoms with Crippen LogP contribution in [0.3, 0.4) is 0 Å². The number of hydrogen-bond acceptors (Lipinski definition) is 5. The number of carboxylic acid groups (broad SMARTS) is 1. The normalized spacial score (nSPS) is 17.3. The van der Waals surface area contributed by atoms with Gasteiger partial charge in [-0.3, -0.25) is 4.79 Å². The van der Waals surface area contributed by atoms with Crippen LogP contribution in [0.5, 0.6) is 0 Å². The SMILES string of the molecule is O=C(O)CCc1cccc(NCc2cnc(C3CCCO3)s2)c1. The summed E-state index contributed by atoms with van der Waals surface area (Å²) in [4.78, 5) is 16.3. The van der Waals surface area contributed by atoms with E-state index in [9.17, 15) is 4.79 Å². The number of carbonyl (C=O) groups is 1. The number of thiazole rings is 1. The van der Waals surface area contributed by atoms with Gasteiger partial charge >= 0.3 is 5.97 Å². The monoisotopic (exact) mass is 332 g/mol. The number of rotatable bonds is 7. The molecule has 1 atom stereocenters. The Morgan fingerprint density at radius 2 is 2.39 bits per heavy atom. The number of aliphatic carboxylic acids is 1. The molecule has 1 saturated heterocycles. The Bertz CT molecular complexity index is 665. The molecule has 0 aliphatic carbocycles. The molecule has 5 nitrogen and oxygen atoms in total. The lowest BCUT2D eigenvalue weighted by atomic mass is 10.1. The molecule has 6 heteroatoms. The summed E-state index contributed by atoms with van der Waals surface area (Å²) in [7, 11) is 0. The number of hydrogen-bond donors (Lipinski definition) is 2. The molecule has 1 aromatic heterocycles. The first-order chi connectivity index (χ1) is 11.2. The van der Waals surface area contributed by atoms with Crippen molar-refractivity contribution >= 4 is 23.0 Å². The Hall–Kier alpha value is -1.92. The number of nitrogens with one attached hydrogen (secondary N) is 1. The number of ether oxygens (including phenoxy) is 1. The van der Waals surface area contributed by atoms with Gasteiger partial charge in [0.05, 0.1) is 6.54 Å². The minimum atomic E-state index is -0.769. The number of aryl methyl sites for hydroxylation is 1. The lowest BCUT2D eigenvalue weighted by Crippen LogP contribution is -2.00. The Kier molecular flexibility index (Phi) is 5.25. The Labute approximate surface area is 139 Å². The van der Waals surface area contributed by atoms with Gasteiger partial charge < -0.3 is 15.2 Å². The summed E-state index contributed by atoms with van der Waals surface area (Å²) < 4.78 is 5.66. The van der Waals surface area contributed by atoms with Gasteiger partial charge in [-0.2, -0.15) is 0 Å². The average Bonchev–Trinajstić information content (AvgIpc) is 3.22. The molecular weight excluding hydrogens is 312 g/mol. The summed E-state index contributed by atoms with van der Waals surface area (Å²) in [6.45, 7) is 1.55. The third kappa shape index (κ3) is 4.53. The summed E-state index contributed by atoms with van der Waals surface area (Å²) in [5.41, 5.74) is 2.03. The van der Waals surface area contributed by atoms with Gasteiger partial charge in [-0.25, -0.2) is 4.98 Å². The van der Waals surface area contributed by atoms with Crippen molar-refractivity contribution in [2.75, 3.05) is 11.9 Å². The fourth-order valence-electron chi connectivity index (χ4n) is 2.60. The molecule has 1 aromatic carbocycles. The number of benzene rings is 1. The first-order valence-electron chi connectivity index (χ1n) is 7.81. The number of aromatic nitrogens is 1. The second kappa shape index (κ2) is 7.57. The summed E-state index contributed by atoms with van der Waals surface area (Å²) in [6, 6.07) is 7.90. The van der Waals surface area contributed by atoms with Gasteiger partial charge in [-0.15, -0.1) is 11.3 Å². The molecule has 0 radical (unpaired) electrons. The molecule has 0 saturated carbocycles. The van der Waals surface area contributed by atoms with Crippen molar-refractivity contribution < 1.29 is 14.6 Å². The maximum Gasteiger partial charge on any atom is 0.303 e. The minimum absolute atomic E-state index is 0.156. The molecular formula is C17H20N2O3S. The maximum absolute atomic E-state index is 10.6. The van der Waals surface area contributed by atoms with Gasteiger partial charge in [0.25, 0.3) is 0 Å². The molecule has 1 aliphatic heterocycles. The average molecular weight is 332 g/mol. The number of carboxylic acids is 1. The predicted molar refractivity (Wildman–Crippen MR) is 89.8 cm³/mol. The van der Waals surface area contributed by atoms with E-state index in [1.54, 1.807) is 11.3 Å². The number of anilines is 1. The molecule has 0 amide bonds. The van der Waals surface area contributed by atoms with Crippen LogP contribution in [0.15, 0.2) is 30.5 Å². The third-order valence-corrected chi connectivity index (χ3v) is 4.89. The van der Waals surface area contributed by atoms with Crippen molar-refractivity contribution in [2.45, 2.75) is 38.3 Å². The van der Waals surface area contributed by atoms with Gasteiger partial charge in [0.15, 0.2) is 0 Å². The van der Waals surface area contributed by atoms with Crippen molar-refractivity contribution in [3.8, 4) is 0 Å². The van der Waals surface area contributed by atoms with Crippen LogP contribution in [-0.2, 0) is 22.5 Å². The van der Waals surface area contributed by atoms with Crippen molar-refractivity contribution in [3.05, 3.63) is 45.9 Å². The van der Waals surface area contributed by atoms with Crippen LogP contribution >= 0.6 is 11.3 Å². The molecule has 122 valence electrons. The second-order valence-electron chi connectivity index (χ2n) is 5.61. The van der Waals surface area contributed by atoms with Gasteiger partial charge in [-0.05, 0) is 37.0 Å². The summed E-state index contributed by atoms with van der Waals surface area (Å²) >= 11 is 1.69. The Morgan fingerprint density at radius 3 is 3.17 bits per heavy atom. The zero-order chi connectivity index (χ0) is 16.1. The van der Waals surface area contributed by atoms with Crippen LogP contribution in [0, 0.1) is 0 Å². The first-order valence-corrected chi connectivity index (χ1v) is 8.63. The minimum Gasteiger partial charge on any atom is -0.481 e. The highest BCUT2D eigenvalue weighted by Crippen LogP contribution is 2.31. The largest absolute Gasteiger partial charge is 0.481 e. The van der Waals surface area contributed by atoms with E-state index in [0.717, 1.165) is 35.7 Å². The van der Waals surface area contributed by atoms with Crippen LogP contribution in [0.4, 0.5) is 5.69 Å². The summed E-state index contributed by atoms with van der Waals surface area (Å²) in [5.74, 6) is -0.769. The van der Waals surface area contributed by atoms with E-state index in [4.69, 9.17) is 9.84 Å². The van der Waals surface area contributed by atoms with Gasteiger partial charge in [0, 0.05) is 29.8 Å². The van der Waals surface area contributed by atoms with Gasteiger partial charge in [0.2, 0.25) is 0 Å². The third-order valence-electron chi connectivity index (χ3n) is 3.80. The lowest BCUT2D eigenvalue weighted by Gasteiger charge is -2.07. The van der Waals surface area contributed by atoms with Gasteiger partial charge in [-0.1, -0.05) is 12.1 Å². The molecule has 0 bridgehead atoms. The molecule has 2 aromatic rings. The molecule has 2 N–H and O–H groups in total. The van der Waals surface area contributed by atoms with Crippen LogP contribution in [-0.4, -0.2) is 22.7 Å². The Morgan fingerprint density at radius 1 is 1.48 bits per heavy atom. The molecule has 0 spiro atoms. The second-order valence-corrected chi connectivity index (χ2v) is 6.76. The first kappa shape index (κ1) is 16.0. The van der Waals surface area contributed by atoms with E-state index in [-0.39, 0.29) is 12.5 Å². The molecule has 1 unspecified atom stereocenters. The van der Waals surface area contributed by atoms with Crippen molar-refractivity contribution in [1.29, 1.82) is 0 Å². The van der Waals surface area contributed by atoms with Crippen molar-refractivity contribution in [2.24, 2.45) is 0 Å². The number of nitrogens with zero attached hydrogens (tertiary/aromatic N) is 1. The highest BCUT2D eigenvalue weighted by molar-refractivity contribution is 7.11. The van der Waals surface area contributed by atoms with E-state index in [2.05, 4.69) is 10.3 Å². The van der Waals surface area contributed by atoms with E-state index in [1.165, 1.54) is 4.88 Å².